The zero-order valence-electron chi connectivity index (χ0n) is 26.3. The normalized spacial score (nSPS) is 20.9. The van der Waals surface area contributed by atoms with Crippen molar-refractivity contribution in [2.24, 2.45) is 23.7 Å². The van der Waals surface area contributed by atoms with Gasteiger partial charge in [-0.2, -0.15) is 0 Å². The Morgan fingerprint density at radius 2 is 1.02 bits per heavy atom. The van der Waals surface area contributed by atoms with Crippen LogP contribution in [0.4, 0.5) is 0 Å². The molecule has 0 aromatic carbocycles. The van der Waals surface area contributed by atoms with Crippen molar-refractivity contribution in [3.05, 3.63) is 24.3 Å². The number of carboxylic acid groups (broad SMARTS) is 2. The van der Waals surface area contributed by atoms with E-state index in [1.54, 1.807) is 0 Å². The zero-order valence-corrected chi connectivity index (χ0v) is 26.3. The van der Waals surface area contributed by atoms with Gasteiger partial charge < -0.3 is 10.2 Å². The van der Waals surface area contributed by atoms with Crippen LogP contribution in [0, 0.1) is 23.7 Å². The van der Waals surface area contributed by atoms with E-state index in [0.29, 0.717) is 24.7 Å². The minimum Gasteiger partial charge on any atom is -0.481 e. The van der Waals surface area contributed by atoms with Gasteiger partial charge in [-0.25, -0.2) is 0 Å². The summed E-state index contributed by atoms with van der Waals surface area (Å²) in [4.78, 5) is 21.5. The summed E-state index contributed by atoms with van der Waals surface area (Å²) < 4.78 is 0. The van der Waals surface area contributed by atoms with Crippen molar-refractivity contribution in [2.45, 2.75) is 168 Å². The third-order valence-electron chi connectivity index (χ3n) is 8.97. The molecule has 0 radical (unpaired) electrons. The second-order valence-electron chi connectivity index (χ2n) is 12.5. The van der Waals surface area contributed by atoms with Gasteiger partial charge in [0.25, 0.3) is 0 Å². The Bertz CT molecular complexity index is 682. The highest BCUT2D eigenvalue weighted by Crippen LogP contribution is 2.43. The van der Waals surface area contributed by atoms with E-state index < -0.39 is 11.9 Å². The molecule has 0 spiro atoms. The third-order valence-corrected chi connectivity index (χ3v) is 8.97. The molecular formula is C36H64O4. The Morgan fingerprint density at radius 3 is 1.60 bits per heavy atom. The van der Waals surface area contributed by atoms with Crippen LogP contribution in [0.3, 0.4) is 0 Å². The minimum absolute atomic E-state index is 0.304. The summed E-state index contributed by atoms with van der Waals surface area (Å²) in [5.74, 6) is 1.41. The van der Waals surface area contributed by atoms with Gasteiger partial charge in [0.05, 0.1) is 0 Å². The van der Waals surface area contributed by atoms with E-state index in [4.69, 9.17) is 10.2 Å². The second kappa shape index (κ2) is 25.2. The number of aliphatic carboxylic acids is 2. The van der Waals surface area contributed by atoms with Gasteiger partial charge in [-0.3, -0.25) is 9.59 Å². The zero-order chi connectivity index (χ0) is 29.3. The molecule has 0 amide bonds. The molecule has 4 heteroatoms. The summed E-state index contributed by atoms with van der Waals surface area (Å²) in [6.07, 6.45) is 37.5. The van der Waals surface area contributed by atoms with Crippen LogP contribution in [0.2, 0.25) is 0 Å². The predicted molar refractivity (Wildman–Crippen MR) is 170 cm³/mol. The van der Waals surface area contributed by atoms with Gasteiger partial charge in [0.2, 0.25) is 0 Å². The molecule has 4 atom stereocenters. The number of unbranched alkanes of at least 4 members (excludes halogenated alkanes) is 15. The molecule has 0 saturated heterocycles. The Morgan fingerprint density at radius 1 is 0.575 bits per heavy atom. The van der Waals surface area contributed by atoms with Crippen LogP contribution in [0.1, 0.15) is 168 Å². The molecule has 0 saturated carbocycles. The van der Waals surface area contributed by atoms with Gasteiger partial charge in [0.1, 0.15) is 0 Å². The molecule has 232 valence electrons. The Kier molecular flexibility index (Phi) is 22.9. The largest absolute Gasteiger partial charge is 0.481 e. The lowest BCUT2D eigenvalue weighted by molar-refractivity contribution is -0.138. The lowest BCUT2D eigenvalue weighted by Crippen LogP contribution is -2.30. The first kappa shape index (κ1) is 36.4. The number of carbonyl (C=O) groups is 2. The van der Waals surface area contributed by atoms with Gasteiger partial charge in [0.15, 0.2) is 0 Å². The van der Waals surface area contributed by atoms with Gasteiger partial charge >= 0.3 is 11.9 Å². The average molecular weight is 561 g/mol. The van der Waals surface area contributed by atoms with Crippen LogP contribution in [-0.2, 0) is 9.59 Å². The summed E-state index contributed by atoms with van der Waals surface area (Å²) in [6.45, 7) is 4.60. The number of allylic oxidation sites excluding steroid dienone is 4. The van der Waals surface area contributed by atoms with Crippen LogP contribution in [-0.4, -0.2) is 22.2 Å². The average Bonchev–Trinajstić information content (AvgIpc) is 2.93. The van der Waals surface area contributed by atoms with Crippen LogP contribution in [0.15, 0.2) is 24.3 Å². The lowest BCUT2D eigenvalue weighted by Gasteiger charge is -2.39. The predicted octanol–water partition coefficient (Wildman–Crippen LogP) is 11.1. The maximum Gasteiger partial charge on any atom is 0.303 e. The topological polar surface area (TPSA) is 74.6 Å². The molecule has 4 nitrogen and oxygen atoms in total. The lowest BCUT2D eigenvalue weighted by atomic mass is 9.66. The molecule has 1 aliphatic carbocycles. The molecule has 0 aliphatic heterocycles. The fourth-order valence-electron chi connectivity index (χ4n) is 6.57. The Balaban J connectivity index is 2.74. The number of hydrogen-bond acceptors (Lipinski definition) is 2. The first-order valence-electron chi connectivity index (χ1n) is 17.3. The maximum absolute atomic E-state index is 10.8. The highest BCUT2D eigenvalue weighted by molar-refractivity contribution is 5.66. The van der Waals surface area contributed by atoms with Crippen molar-refractivity contribution in [1.29, 1.82) is 0 Å². The summed E-state index contributed by atoms with van der Waals surface area (Å²) in [5.41, 5.74) is 0. The molecule has 0 heterocycles. The van der Waals surface area contributed by atoms with E-state index in [1.165, 1.54) is 96.3 Å². The second-order valence-corrected chi connectivity index (χ2v) is 12.5. The van der Waals surface area contributed by atoms with Crippen LogP contribution in [0.25, 0.3) is 0 Å². The molecule has 2 N–H and O–H groups in total. The SMILES string of the molecule is CCCCCC[C@H]1[C@@H](/C=C\CCCCCCCC(=O)O)[C@@H](CCCCCCCC(=O)O)C=C[C@@H]1CCCCCC. The molecule has 1 rings (SSSR count). The van der Waals surface area contributed by atoms with Gasteiger partial charge in [-0.1, -0.05) is 134 Å². The summed E-state index contributed by atoms with van der Waals surface area (Å²) in [7, 11) is 0. The van der Waals surface area contributed by atoms with Crippen molar-refractivity contribution in [1.82, 2.24) is 0 Å². The molecule has 0 bridgehead atoms. The highest BCUT2D eigenvalue weighted by Gasteiger charge is 2.33. The summed E-state index contributed by atoms with van der Waals surface area (Å²) in [5, 5.41) is 17.7. The summed E-state index contributed by atoms with van der Waals surface area (Å²) in [6, 6.07) is 0. The van der Waals surface area contributed by atoms with Gasteiger partial charge in [-0.05, 0) is 68.6 Å². The van der Waals surface area contributed by atoms with E-state index in [-0.39, 0.29) is 0 Å². The summed E-state index contributed by atoms with van der Waals surface area (Å²) >= 11 is 0. The van der Waals surface area contributed by atoms with E-state index in [0.717, 1.165) is 56.8 Å². The Hall–Kier alpha value is -1.58. The molecule has 0 aromatic heterocycles. The van der Waals surface area contributed by atoms with Crippen molar-refractivity contribution in [3.8, 4) is 0 Å². The van der Waals surface area contributed by atoms with Crippen molar-refractivity contribution in [2.75, 3.05) is 0 Å². The maximum atomic E-state index is 10.8. The first-order valence-corrected chi connectivity index (χ1v) is 17.3. The van der Waals surface area contributed by atoms with Crippen LogP contribution < -0.4 is 0 Å². The highest BCUT2D eigenvalue weighted by atomic mass is 16.4. The first-order chi connectivity index (χ1) is 19.5. The smallest absolute Gasteiger partial charge is 0.303 e. The third kappa shape index (κ3) is 18.7. The molecule has 0 fully saturated rings. The van der Waals surface area contributed by atoms with E-state index >= 15 is 0 Å². The monoisotopic (exact) mass is 560 g/mol. The standard InChI is InChI=1S/C36H64O4/c1-3-5-7-17-23-31-29-30-32(24-18-13-12-16-22-28-36(39)40)34(33(31)25-19-8-6-4-2)26-20-14-10-9-11-15-21-27-35(37)38/h20,26,29-34H,3-19,21-25,27-28H2,1-2H3,(H,37,38)(H,39,40)/b26-20-/t31-,32-,33+,34-/m0/s1. The number of hydrogen-bond donors (Lipinski definition) is 2. The van der Waals surface area contributed by atoms with Gasteiger partial charge in [0, 0.05) is 12.8 Å². The van der Waals surface area contributed by atoms with E-state index in [2.05, 4.69) is 38.2 Å². The van der Waals surface area contributed by atoms with E-state index in [1.807, 2.05) is 0 Å². The van der Waals surface area contributed by atoms with Crippen LogP contribution >= 0.6 is 0 Å². The quantitative estimate of drug-likeness (QED) is 0.0774. The molecular weight excluding hydrogens is 496 g/mol. The van der Waals surface area contributed by atoms with Crippen LogP contribution in [0.5, 0.6) is 0 Å². The fourth-order valence-corrected chi connectivity index (χ4v) is 6.57. The molecule has 1 aliphatic rings. The van der Waals surface area contributed by atoms with Crippen molar-refractivity contribution >= 4 is 11.9 Å². The van der Waals surface area contributed by atoms with Crippen molar-refractivity contribution in [3.63, 3.8) is 0 Å². The Labute approximate surface area is 247 Å². The number of carboxylic acids is 2. The molecule has 0 aromatic rings. The van der Waals surface area contributed by atoms with Crippen molar-refractivity contribution < 1.29 is 19.8 Å². The van der Waals surface area contributed by atoms with Gasteiger partial charge in [-0.15, -0.1) is 0 Å². The molecule has 40 heavy (non-hydrogen) atoms. The van der Waals surface area contributed by atoms with E-state index in [9.17, 15) is 9.59 Å². The number of rotatable bonds is 27. The molecule has 0 unspecified atom stereocenters. The fraction of sp³-hybridized carbons (Fsp3) is 0.833. The minimum atomic E-state index is -0.676.